The van der Waals surface area contributed by atoms with E-state index in [-0.39, 0.29) is 24.0 Å². The molecule has 0 aromatic heterocycles. The summed E-state index contributed by atoms with van der Waals surface area (Å²) >= 11 is 0. The van der Waals surface area contributed by atoms with Gasteiger partial charge >= 0.3 is 7.82 Å². The lowest BCUT2D eigenvalue weighted by Gasteiger charge is -2.62. The van der Waals surface area contributed by atoms with Gasteiger partial charge in [0.1, 0.15) is 0 Å². The number of nitrogens with zero attached hydrogens (tertiary/aromatic N) is 1. The molecular formula is C21H26NO7P. The molecular weight excluding hydrogens is 409 g/mol. The van der Waals surface area contributed by atoms with Crippen LogP contribution in [0.25, 0.3) is 0 Å². The molecule has 5 rings (SSSR count). The number of ketones is 1. The second-order valence-electron chi connectivity index (χ2n) is 8.44. The van der Waals surface area contributed by atoms with Crippen LogP contribution in [0.1, 0.15) is 30.4 Å². The summed E-state index contributed by atoms with van der Waals surface area (Å²) in [5.41, 5.74) is -0.107. The normalized spacial score (nSPS) is 34.3. The SMILES string of the molecule is C=CCN1CC[C@]23c4c5ccc(OP(=O)(OC)OC)c4O[C@H]2C(=O)CC[C@@]3(O)C1C5. The van der Waals surface area contributed by atoms with Gasteiger partial charge in [-0.1, -0.05) is 12.1 Å². The molecule has 2 heterocycles. The molecule has 4 aliphatic rings. The average Bonchev–Trinajstić information content (AvgIpc) is 3.10. The maximum atomic E-state index is 13.0. The van der Waals surface area contributed by atoms with E-state index < -0.39 is 24.9 Å². The summed E-state index contributed by atoms with van der Waals surface area (Å²) in [6, 6.07) is 3.45. The first kappa shape index (κ1) is 20.2. The summed E-state index contributed by atoms with van der Waals surface area (Å²) in [5, 5.41) is 12.1. The van der Waals surface area contributed by atoms with Gasteiger partial charge in [0.05, 0.1) is 11.0 Å². The Morgan fingerprint density at radius 2 is 2.13 bits per heavy atom. The number of piperidine rings is 1. The third-order valence-corrected chi connectivity index (χ3v) is 8.69. The summed E-state index contributed by atoms with van der Waals surface area (Å²) in [4.78, 5) is 15.2. The van der Waals surface area contributed by atoms with Crippen LogP contribution >= 0.6 is 7.82 Å². The number of ether oxygens (including phenoxy) is 1. The molecule has 1 aromatic carbocycles. The molecule has 162 valence electrons. The Morgan fingerprint density at radius 1 is 1.37 bits per heavy atom. The van der Waals surface area contributed by atoms with Gasteiger partial charge in [0.2, 0.25) is 0 Å². The van der Waals surface area contributed by atoms with Crippen LogP contribution in [-0.2, 0) is 30.2 Å². The third kappa shape index (κ3) is 2.37. The van der Waals surface area contributed by atoms with E-state index in [0.717, 1.165) is 17.7 Å². The number of Topliss-reactive ketones (excluding diaryl/α,β-unsaturated/α-hetero) is 1. The summed E-state index contributed by atoms with van der Waals surface area (Å²) in [5.74, 6) is 0.551. The van der Waals surface area contributed by atoms with Crippen molar-refractivity contribution in [3.05, 3.63) is 35.9 Å². The highest BCUT2D eigenvalue weighted by atomic mass is 31.2. The van der Waals surface area contributed by atoms with Crippen LogP contribution in [-0.4, -0.2) is 60.8 Å². The lowest BCUT2D eigenvalue weighted by molar-refractivity contribution is -0.187. The zero-order chi connectivity index (χ0) is 21.3. The van der Waals surface area contributed by atoms with Crippen LogP contribution in [0.5, 0.6) is 11.5 Å². The highest BCUT2D eigenvalue weighted by Crippen LogP contribution is 2.66. The molecule has 2 aliphatic heterocycles. The topological polar surface area (TPSA) is 94.5 Å². The van der Waals surface area contributed by atoms with Crippen molar-refractivity contribution >= 4 is 13.6 Å². The number of aliphatic hydroxyl groups is 1. The first-order valence-corrected chi connectivity index (χ1v) is 11.6. The highest BCUT2D eigenvalue weighted by Gasteiger charge is 2.73. The Labute approximate surface area is 175 Å². The number of benzene rings is 1. The van der Waals surface area contributed by atoms with Crippen LogP contribution in [0.3, 0.4) is 0 Å². The predicted octanol–water partition coefficient (Wildman–Crippen LogP) is 2.38. The zero-order valence-corrected chi connectivity index (χ0v) is 18.0. The van der Waals surface area contributed by atoms with Crippen molar-refractivity contribution in [2.75, 3.05) is 27.3 Å². The molecule has 4 atom stereocenters. The summed E-state index contributed by atoms with van der Waals surface area (Å²) < 4.78 is 34.2. The number of rotatable bonds is 6. The smallest absolute Gasteiger partial charge is 0.477 e. The predicted molar refractivity (Wildman–Crippen MR) is 108 cm³/mol. The number of hydrogen-bond acceptors (Lipinski definition) is 8. The second kappa shape index (κ2) is 6.65. The summed E-state index contributed by atoms with van der Waals surface area (Å²) in [7, 11) is -1.34. The van der Waals surface area contributed by atoms with Crippen LogP contribution in [0.2, 0.25) is 0 Å². The molecule has 2 aliphatic carbocycles. The monoisotopic (exact) mass is 435 g/mol. The van der Waals surface area contributed by atoms with E-state index in [0.29, 0.717) is 31.6 Å². The van der Waals surface area contributed by atoms with Gasteiger partial charge in [-0.3, -0.25) is 18.7 Å². The zero-order valence-electron chi connectivity index (χ0n) is 17.1. The molecule has 1 saturated heterocycles. The van der Waals surface area contributed by atoms with Crippen molar-refractivity contribution in [1.82, 2.24) is 4.90 Å². The van der Waals surface area contributed by atoms with Gasteiger partial charge in [-0.25, -0.2) is 4.57 Å². The Kier molecular flexibility index (Phi) is 4.48. The van der Waals surface area contributed by atoms with Crippen LogP contribution < -0.4 is 9.26 Å². The molecule has 1 saturated carbocycles. The molecule has 1 aromatic rings. The number of carbonyl (C=O) groups excluding carboxylic acids is 1. The lowest BCUT2D eigenvalue weighted by atomic mass is 9.49. The van der Waals surface area contributed by atoms with Crippen LogP contribution in [0.4, 0.5) is 0 Å². The van der Waals surface area contributed by atoms with Gasteiger partial charge in [0, 0.05) is 45.3 Å². The van der Waals surface area contributed by atoms with E-state index in [1.807, 2.05) is 12.1 Å². The summed E-state index contributed by atoms with van der Waals surface area (Å²) in [6.45, 7) is 5.26. The number of likely N-dealkylation sites (tertiary alicyclic amines) is 1. The number of hydrogen-bond donors (Lipinski definition) is 1. The number of phosphoric ester groups is 1. The lowest BCUT2D eigenvalue weighted by Crippen LogP contribution is -2.76. The minimum atomic E-state index is -3.81. The van der Waals surface area contributed by atoms with Crippen molar-refractivity contribution < 1.29 is 32.8 Å². The van der Waals surface area contributed by atoms with Gasteiger partial charge in [-0.15, -0.1) is 6.58 Å². The molecule has 8 nitrogen and oxygen atoms in total. The fourth-order valence-electron chi connectivity index (χ4n) is 6.13. The van der Waals surface area contributed by atoms with E-state index in [1.165, 1.54) is 14.2 Å². The standard InChI is InChI=1S/C21H26NO7P/c1-4-10-22-11-9-20-17-13-5-6-15(29-30(25,26-2)27-3)18(17)28-19(20)14(23)7-8-21(20,24)16(22)12-13/h4-6,16,19,24H,1,7-12H2,2-3H3/t16?,19-,20-,21+/m0/s1. The van der Waals surface area contributed by atoms with Crippen LogP contribution in [0, 0.1) is 0 Å². The molecule has 1 spiro atoms. The summed E-state index contributed by atoms with van der Waals surface area (Å²) in [6.07, 6.45) is 2.93. The first-order chi connectivity index (χ1) is 14.3. The highest BCUT2D eigenvalue weighted by molar-refractivity contribution is 7.48. The minimum absolute atomic E-state index is 0.0211. The van der Waals surface area contributed by atoms with Gasteiger partial charge < -0.3 is 14.4 Å². The molecule has 30 heavy (non-hydrogen) atoms. The van der Waals surface area contributed by atoms with E-state index in [9.17, 15) is 14.5 Å². The van der Waals surface area contributed by atoms with Crippen molar-refractivity contribution in [3.63, 3.8) is 0 Å². The molecule has 9 heteroatoms. The quantitative estimate of drug-likeness (QED) is 0.538. The average molecular weight is 435 g/mol. The van der Waals surface area contributed by atoms with Crippen molar-refractivity contribution in [2.45, 2.75) is 48.8 Å². The van der Waals surface area contributed by atoms with Crippen LogP contribution in [0.15, 0.2) is 24.8 Å². The fourth-order valence-corrected chi connectivity index (χ4v) is 6.81. The molecule has 2 bridgehead atoms. The number of carbonyl (C=O) groups is 1. The van der Waals surface area contributed by atoms with Gasteiger partial charge in [-0.2, -0.15) is 0 Å². The minimum Gasteiger partial charge on any atom is -0.477 e. The molecule has 1 N–H and O–H groups in total. The molecule has 1 unspecified atom stereocenters. The maximum Gasteiger partial charge on any atom is 0.529 e. The van der Waals surface area contributed by atoms with Crippen molar-refractivity contribution in [1.29, 1.82) is 0 Å². The molecule has 0 amide bonds. The largest absolute Gasteiger partial charge is 0.529 e. The number of phosphoric acid groups is 1. The van der Waals surface area contributed by atoms with Gasteiger partial charge in [-0.05, 0) is 30.9 Å². The van der Waals surface area contributed by atoms with Crippen molar-refractivity contribution in [2.24, 2.45) is 0 Å². The van der Waals surface area contributed by atoms with E-state index in [2.05, 4.69) is 11.5 Å². The molecule has 0 radical (unpaired) electrons. The Hall–Kier alpha value is -1.70. The second-order valence-corrected chi connectivity index (χ2v) is 10.3. The van der Waals surface area contributed by atoms with E-state index in [1.54, 1.807) is 6.07 Å². The Bertz CT molecular complexity index is 972. The Balaban J connectivity index is 1.70. The van der Waals surface area contributed by atoms with Crippen molar-refractivity contribution in [3.8, 4) is 11.5 Å². The van der Waals surface area contributed by atoms with E-state index in [4.69, 9.17) is 18.3 Å². The maximum absolute atomic E-state index is 13.0. The van der Waals surface area contributed by atoms with Gasteiger partial charge in [0.15, 0.2) is 23.4 Å². The third-order valence-electron chi connectivity index (χ3n) is 7.37. The Morgan fingerprint density at radius 3 is 2.83 bits per heavy atom. The van der Waals surface area contributed by atoms with Gasteiger partial charge in [0.25, 0.3) is 0 Å². The fraction of sp³-hybridized carbons (Fsp3) is 0.571. The first-order valence-electron chi connectivity index (χ1n) is 10.2. The van der Waals surface area contributed by atoms with E-state index >= 15 is 0 Å². The molecule has 2 fully saturated rings.